The van der Waals surface area contributed by atoms with E-state index in [1.165, 1.54) is 44.3 Å². The van der Waals surface area contributed by atoms with E-state index in [4.69, 9.17) is 5.73 Å². The highest BCUT2D eigenvalue weighted by molar-refractivity contribution is 5.85. The number of aryl methyl sites for hydroxylation is 1. The van der Waals surface area contributed by atoms with Crippen LogP contribution in [0.15, 0.2) is 24.3 Å². The highest BCUT2D eigenvalue weighted by atomic mass is 35.5. The van der Waals surface area contributed by atoms with Gasteiger partial charge >= 0.3 is 0 Å². The van der Waals surface area contributed by atoms with Gasteiger partial charge in [-0.15, -0.1) is 24.8 Å². The molecule has 1 saturated heterocycles. The fourth-order valence-electron chi connectivity index (χ4n) is 2.91. The molecule has 1 aromatic carbocycles. The predicted octanol–water partition coefficient (Wildman–Crippen LogP) is 3.22. The van der Waals surface area contributed by atoms with Crippen molar-refractivity contribution in [2.24, 2.45) is 5.73 Å². The third-order valence-corrected chi connectivity index (χ3v) is 4.37. The predicted molar refractivity (Wildman–Crippen MR) is 105 cm³/mol. The summed E-state index contributed by atoms with van der Waals surface area (Å²) in [7, 11) is 0. The summed E-state index contributed by atoms with van der Waals surface area (Å²) in [5.74, 6) is -0.0836. The molecule has 0 saturated carbocycles. The van der Waals surface area contributed by atoms with Crippen molar-refractivity contribution in [1.29, 1.82) is 0 Å². The van der Waals surface area contributed by atoms with Crippen LogP contribution < -0.4 is 11.1 Å². The van der Waals surface area contributed by atoms with Crippen molar-refractivity contribution in [2.45, 2.75) is 45.1 Å². The fourth-order valence-corrected chi connectivity index (χ4v) is 2.91. The lowest BCUT2D eigenvalue weighted by molar-refractivity contribution is -0.122. The van der Waals surface area contributed by atoms with Crippen LogP contribution in [-0.2, 0) is 4.79 Å². The third kappa shape index (κ3) is 7.84. The van der Waals surface area contributed by atoms with E-state index in [1.54, 1.807) is 0 Å². The van der Waals surface area contributed by atoms with Gasteiger partial charge in [0.15, 0.2) is 0 Å². The van der Waals surface area contributed by atoms with Crippen LogP contribution in [0.4, 0.5) is 0 Å². The zero-order valence-electron chi connectivity index (χ0n) is 14.5. The molecule has 1 atom stereocenters. The Morgan fingerprint density at radius 2 is 1.71 bits per heavy atom. The Hall–Kier alpha value is -0.810. The molecule has 1 heterocycles. The summed E-state index contributed by atoms with van der Waals surface area (Å²) in [6, 6.07) is 7.26. The number of likely N-dealkylation sites (tertiary alicyclic amines) is 1. The van der Waals surface area contributed by atoms with Crippen LogP contribution >= 0.6 is 24.8 Å². The molecule has 1 fully saturated rings. The van der Waals surface area contributed by atoms with Gasteiger partial charge in [0.1, 0.15) is 6.04 Å². The number of halogens is 2. The molecule has 0 spiro atoms. The Morgan fingerprint density at radius 3 is 2.29 bits per heavy atom. The Labute approximate surface area is 158 Å². The van der Waals surface area contributed by atoms with E-state index in [2.05, 4.69) is 10.2 Å². The molecule has 1 aliphatic rings. The highest BCUT2D eigenvalue weighted by Gasteiger charge is 2.15. The van der Waals surface area contributed by atoms with Gasteiger partial charge in [0.05, 0.1) is 0 Å². The maximum atomic E-state index is 12.1. The first-order valence-corrected chi connectivity index (χ1v) is 8.49. The van der Waals surface area contributed by atoms with Crippen molar-refractivity contribution in [1.82, 2.24) is 10.2 Å². The molecule has 1 aliphatic heterocycles. The van der Waals surface area contributed by atoms with Crippen molar-refractivity contribution >= 4 is 30.7 Å². The SMILES string of the molecule is Cc1ccc(C(N)C(=O)NCCCN2CCCCCC2)cc1.Cl.Cl. The average Bonchev–Trinajstić information content (AvgIpc) is 2.80. The number of nitrogens with zero attached hydrogens (tertiary/aromatic N) is 1. The maximum Gasteiger partial charge on any atom is 0.241 e. The van der Waals surface area contributed by atoms with Crippen molar-refractivity contribution in [3.05, 3.63) is 35.4 Å². The van der Waals surface area contributed by atoms with Crippen LogP contribution in [0.25, 0.3) is 0 Å². The van der Waals surface area contributed by atoms with Gasteiger partial charge in [-0.1, -0.05) is 42.7 Å². The zero-order valence-corrected chi connectivity index (χ0v) is 16.1. The van der Waals surface area contributed by atoms with Crippen molar-refractivity contribution < 1.29 is 4.79 Å². The number of nitrogens with one attached hydrogen (secondary N) is 1. The van der Waals surface area contributed by atoms with E-state index in [0.29, 0.717) is 6.54 Å². The number of rotatable bonds is 6. The second-order valence-corrected chi connectivity index (χ2v) is 6.29. The molecule has 0 bridgehead atoms. The number of amides is 1. The van der Waals surface area contributed by atoms with E-state index in [9.17, 15) is 4.79 Å². The third-order valence-electron chi connectivity index (χ3n) is 4.37. The Morgan fingerprint density at radius 1 is 1.12 bits per heavy atom. The Bertz CT molecular complexity index is 460. The van der Waals surface area contributed by atoms with Crippen LogP contribution in [0.3, 0.4) is 0 Å². The van der Waals surface area contributed by atoms with Crippen LogP contribution in [0.5, 0.6) is 0 Å². The molecule has 1 unspecified atom stereocenters. The first kappa shape index (κ1) is 23.2. The second-order valence-electron chi connectivity index (χ2n) is 6.29. The van der Waals surface area contributed by atoms with Gasteiger partial charge in [0.2, 0.25) is 5.91 Å². The smallest absolute Gasteiger partial charge is 0.241 e. The monoisotopic (exact) mass is 375 g/mol. The number of benzene rings is 1. The number of hydrogen-bond donors (Lipinski definition) is 2. The molecule has 2 rings (SSSR count). The normalized spacial score (nSPS) is 16.2. The van der Waals surface area contributed by atoms with Gasteiger partial charge in [-0.05, 0) is 51.4 Å². The van der Waals surface area contributed by atoms with Crippen molar-refractivity contribution in [2.75, 3.05) is 26.2 Å². The summed E-state index contributed by atoms with van der Waals surface area (Å²) < 4.78 is 0. The van der Waals surface area contributed by atoms with E-state index < -0.39 is 6.04 Å². The molecule has 24 heavy (non-hydrogen) atoms. The van der Waals surface area contributed by atoms with E-state index in [0.717, 1.165) is 18.5 Å². The molecular weight excluding hydrogens is 345 g/mol. The lowest BCUT2D eigenvalue weighted by atomic mass is 10.1. The first-order valence-electron chi connectivity index (χ1n) is 8.49. The van der Waals surface area contributed by atoms with Gasteiger partial charge < -0.3 is 16.0 Å². The molecule has 6 heteroatoms. The number of carbonyl (C=O) groups excluding carboxylic acids is 1. The molecule has 0 aliphatic carbocycles. The minimum absolute atomic E-state index is 0. The zero-order chi connectivity index (χ0) is 15.8. The van der Waals surface area contributed by atoms with Gasteiger partial charge in [0.25, 0.3) is 0 Å². The van der Waals surface area contributed by atoms with Gasteiger partial charge in [0, 0.05) is 6.54 Å². The number of hydrogen-bond acceptors (Lipinski definition) is 3. The lowest BCUT2D eigenvalue weighted by Crippen LogP contribution is -2.36. The molecule has 138 valence electrons. The number of nitrogens with two attached hydrogens (primary N) is 1. The lowest BCUT2D eigenvalue weighted by Gasteiger charge is -2.20. The van der Waals surface area contributed by atoms with Crippen LogP contribution in [0.1, 0.15) is 49.3 Å². The number of carbonyl (C=O) groups is 1. The summed E-state index contributed by atoms with van der Waals surface area (Å²) in [6.45, 7) is 6.21. The molecule has 1 amide bonds. The van der Waals surface area contributed by atoms with E-state index in [-0.39, 0.29) is 30.7 Å². The summed E-state index contributed by atoms with van der Waals surface area (Å²) in [4.78, 5) is 14.6. The van der Waals surface area contributed by atoms with E-state index >= 15 is 0 Å². The molecule has 1 aromatic rings. The topological polar surface area (TPSA) is 58.4 Å². The Balaban J connectivity index is 0.00000264. The van der Waals surface area contributed by atoms with Gasteiger partial charge in [-0.25, -0.2) is 0 Å². The molecule has 4 nitrogen and oxygen atoms in total. The quantitative estimate of drug-likeness (QED) is 0.750. The average molecular weight is 376 g/mol. The molecular formula is C18H31Cl2N3O. The van der Waals surface area contributed by atoms with Crippen LogP contribution in [-0.4, -0.2) is 37.0 Å². The van der Waals surface area contributed by atoms with Gasteiger partial charge in [-0.3, -0.25) is 4.79 Å². The first-order chi connectivity index (χ1) is 10.7. The standard InChI is InChI=1S/C18H29N3O.2ClH/c1-15-7-9-16(10-8-15)17(19)18(22)20-11-6-14-21-12-4-2-3-5-13-21;;/h7-10,17H,2-6,11-14,19H2,1H3,(H,20,22);2*1H. The van der Waals surface area contributed by atoms with Gasteiger partial charge in [-0.2, -0.15) is 0 Å². The van der Waals surface area contributed by atoms with E-state index in [1.807, 2.05) is 31.2 Å². The fraction of sp³-hybridized carbons (Fsp3) is 0.611. The minimum Gasteiger partial charge on any atom is -0.354 e. The summed E-state index contributed by atoms with van der Waals surface area (Å²) in [6.07, 6.45) is 6.33. The summed E-state index contributed by atoms with van der Waals surface area (Å²) in [5, 5.41) is 2.96. The largest absolute Gasteiger partial charge is 0.354 e. The Kier molecular flexibility index (Phi) is 12.1. The van der Waals surface area contributed by atoms with Crippen molar-refractivity contribution in [3.63, 3.8) is 0 Å². The minimum atomic E-state index is -0.571. The summed E-state index contributed by atoms with van der Waals surface area (Å²) in [5.41, 5.74) is 8.06. The van der Waals surface area contributed by atoms with Crippen LogP contribution in [0, 0.1) is 6.92 Å². The molecule has 3 N–H and O–H groups in total. The highest BCUT2D eigenvalue weighted by Crippen LogP contribution is 2.12. The maximum absolute atomic E-state index is 12.1. The van der Waals surface area contributed by atoms with Crippen molar-refractivity contribution in [3.8, 4) is 0 Å². The molecule has 0 aromatic heterocycles. The molecule has 0 radical (unpaired) electrons. The second kappa shape index (κ2) is 12.5. The summed E-state index contributed by atoms with van der Waals surface area (Å²) >= 11 is 0. The van der Waals surface area contributed by atoms with Crippen LogP contribution in [0.2, 0.25) is 0 Å².